The molecule has 3 heterocycles. The number of para-hydroxylation sites is 1. The number of furan rings is 1. The number of carbonyl (C=O) groups is 2. The van der Waals surface area contributed by atoms with Crippen molar-refractivity contribution in [2.45, 2.75) is 51.0 Å². The van der Waals surface area contributed by atoms with Crippen LogP contribution in [0, 0.1) is 0 Å². The second-order valence-electron chi connectivity index (χ2n) is 8.30. The number of hydrogen-bond acceptors (Lipinski definition) is 4. The molecule has 160 valence electrons. The van der Waals surface area contributed by atoms with Crippen LogP contribution in [0.15, 0.2) is 47.3 Å². The molecular weight excluding hydrogens is 380 g/mol. The number of likely N-dealkylation sites (tertiary alicyclic amines) is 1. The average molecular weight is 411 g/mol. The lowest BCUT2D eigenvalue weighted by molar-refractivity contribution is -0.131. The van der Waals surface area contributed by atoms with E-state index in [9.17, 15) is 9.59 Å². The maximum atomic E-state index is 12.9. The molecular formula is C24H30N2O4. The minimum atomic E-state index is -0.324. The molecule has 1 unspecified atom stereocenters. The first kappa shape index (κ1) is 20.5. The third kappa shape index (κ3) is 3.95. The van der Waals surface area contributed by atoms with Crippen LogP contribution in [0.3, 0.4) is 0 Å². The molecule has 0 aliphatic carbocycles. The molecule has 2 aliphatic rings. The number of piperidine rings is 1. The summed E-state index contributed by atoms with van der Waals surface area (Å²) in [7, 11) is 0. The summed E-state index contributed by atoms with van der Waals surface area (Å²) in [6, 6.07) is 9.79. The van der Waals surface area contributed by atoms with E-state index in [1.54, 1.807) is 6.07 Å². The van der Waals surface area contributed by atoms with E-state index in [1.165, 1.54) is 12.5 Å². The highest BCUT2D eigenvalue weighted by molar-refractivity contribution is 5.93. The Hall–Kier alpha value is -2.76. The topological polar surface area (TPSA) is 63.0 Å². The van der Waals surface area contributed by atoms with E-state index in [0.29, 0.717) is 25.1 Å². The van der Waals surface area contributed by atoms with Crippen LogP contribution < -0.4 is 4.74 Å². The van der Waals surface area contributed by atoms with Crippen LogP contribution in [0.1, 0.15) is 61.4 Å². The Labute approximate surface area is 177 Å². The molecule has 2 amide bonds. The molecule has 6 nitrogen and oxygen atoms in total. The van der Waals surface area contributed by atoms with Gasteiger partial charge in [0.1, 0.15) is 17.6 Å². The molecule has 4 rings (SSSR count). The Balaban J connectivity index is 1.50. The van der Waals surface area contributed by atoms with Gasteiger partial charge in [-0.25, -0.2) is 0 Å². The standard InChI is InChI=1S/C24H30N2O4/c1-3-25(4-2)22(27)15-19-16-24(30-21-8-6-5-7-20(19)21)10-12-26(13-11-24)23(28)18-9-14-29-17-18/h5-9,14,17,19H,3-4,10-13,15-16H2,1-2H3. The van der Waals surface area contributed by atoms with Gasteiger partial charge in [-0.05, 0) is 38.0 Å². The van der Waals surface area contributed by atoms with Gasteiger partial charge < -0.3 is 19.0 Å². The Morgan fingerprint density at radius 1 is 1.13 bits per heavy atom. The number of rotatable bonds is 5. The molecule has 1 atom stereocenters. The number of benzene rings is 1. The second-order valence-corrected chi connectivity index (χ2v) is 8.30. The van der Waals surface area contributed by atoms with Crippen LogP contribution in [0.25, 0.3) is 0 Å². The minimum Gasteiger partial charge on any atom is -0.487 e. The van der Waals surface area contributed by atoms with Crippen molar-refractivity contribution in [1.29, 1.82) is 0 Å². The predicted octanol–water partition coefficient (Wildman–Crippen LogP) is 4.08. The Morgan fingerprint density at radius 2 is 1.87 bits per heavy atom. The van der Waals surface area contributed by atoms with Gasteiger partial charge in [0.15, 0.2) is 0 Å². The molecule has 1 fully saturated rings. The smallest absolute Gasteiger partial charge is 0.257 e. The number of fused-ring (bicyclic) bond motifs is 1. The van der Waals surface area contributed by atoms with Gasteiger partial charge >= 0.3 is 0 Å². The van der Waals surface area contributed by atoms with Gasteiger partial charge in [-0.15, -0.1) is 0 Å². The van der Waals surface area contributed by atoms with Crippen molar-refractivity contribution in [3.63, 3.8) is 0 Å². The van der Waals surface area contributed by atoms with Gasteiger partial charge in [-0.3, -0.25) is 9.59 Å². The van der Waals surface area contributed by atoms with Crippen molar-refractivity contribution in [3.8, 4) is 5.75 Å². The van der Waals surface area contributed by atoms with Gasteiger partial charge in [-0.2, -0.15) is 0 Å². The number of hydrogen-bond donors (Lipinski definition) is 0. The third-order valence-corrected chi connectivity index (χ3v) is 6.57. The first-order chi connectivity index (χ1) is 14.5. The second kappa shape index (κ2) is 8.54. The van der Waals surface area contributed by atoms with Gasteiger partial charge in [0, 0.05) is 51.4 Å². The number of amides is 2. The zero-order chi connectivity index (χ0) is 21.1. The lowest BCUT2D eigenvalue weighted by Crippen LogP contribution is -2.52. The van der Waals surface area contributed by atoms with E-state index < -0.39 is 0 Å². The third-order valence-electron chi connectivity index (χ3n) is 6.57. The van der Waals surface area contributed by atoms with Gasteiger partial charge in [0.05, 0.1) is 11.8 Å². The zero-order valence-electron chi connectivity index (χ0n) is 17.8. The van der Waals surface area contributed by atoms with Crippen LogP contribution in [0.2, 0.25) is 0 Å². The number of ether oxygens (including phenoxy) is 1. The minimum absolute atomic E-state index is 0.00284. The van der Waals surface area contributed by atoms with Gasteiger partial charge in [-0.1, -0.05) is 18.2 Å². The first-order valence-corrected chi connectivity index (χ1v) is 10.9. The lowest BCUT2D eigenvalue weighted by atomic mass is 9.76. The molecule has 1 aromatic heterocycles. The van der Waals surface area contributed by atoms with Crippen molar-refractivity contribution in [1.82, 2.24) is 9.80 Å². The largest absolute Gasteiger partial charge is 0.487 e. The summed E-state index contributed by atoms with van der Waals surface area (Å²) in [5, 5.41) is 0. The van der Waals surface area contributed by atoms with E-state index in [1.807, 2.05) is 41.8 Å². The van der Waals surface area contributed by atoms with Crippen molar-refractivity contribution < 1.29 is 18.7 Å². The number of carbonyl (C=O) groups excluding carboxylic acids is 2. The SMILES string of the molecule is CCN(CC)C(=O)CC1CC2(CCN(C(=O)c3ccoc3)CC2)Oc2ccccc21. The molecule has 0 radical (unpaired) electrons. The molecule has 0 N–H and O–H groups in total. The Bertz CT molecular complexity index is 880. The summed E-state index contributed by atoms with van der Waals surface area (Å²) in [5.74, 6) is 1.22. The van der Waals surface area contributed by atoms with E-state index in [2.05, 4.69) is 6.07 Å². The van der Waals surface area contributed by atoms with Crippen molar-refractivity contribution in [2.75, 3.05) is 26.2 Å². The molecule has 30 heavy (non-hydrogen) atoms. The monoisotopic (exact) mass is 410 g/mol. The quantitative estimate of drug-likeness (QED) is 0.745. The first-order valence-electron chi connectivity index (χ1n) is 10.9. The van der Waals surface area contributed by atoms with Crippen LogP contribution in [-0.4, -0.2) is 53.4 Å². The molecule has 1 spiro atoms. The fraction of sp³-hybridized carbons (Fsp3) is 0.500. The summed E-state index contributed by atoms with van der Waals surface area (Å²) in [6.45, 7) is 6.79. The van der Waals surface area contributed by atoms with E-state index in [-0.39, 0.29) is 23.3 Å². The molecule has 0 bridgehead atoms. The average Bonchev–Trinajstić information content (AvgIpc) is 3.30. The molecule has 2 aliphatic heterocycles. The van der Waals surface area contributed by atoms with Crippen LogP contribution in [0.4, 0.5) is 0 Å². The summed E-state index contributed by atoms with van der Waals surface area (Å²) in [4.78, 5) is 29.3. The number of nitrogens with zero attached hydrogens (tertiary/aromatic N) is 2. The zero-order valence-corrected chi connectivity index (χ0v) is 17.8. The molecule has 0 saturated carbocycles. The van der Waals surface area contributed by atoms with Crippen LogP contribution >= 0.6 is 0 Å². The van der Waals surface area contributed by atoms with Gasteiger partial charge in [0.25, 0.3) is 5.91 Å². The van der Waals surface area contributed by atoms with E-state index in [4.69, 9.17) is 9.15 Å². The maximum Gasteiger partial charge on any atom is 0.257 e. The van der Waals surface area contributed by atoms with Crippen LogP contribution in [-0.2, 0) is 4.79 Å². The summed E-state index contributed by atoms with van der Waals surface area (Å²) >= 11 is 0. The molecule has 1 aromatic carbocycles. The van der Waals surface area contributed by atoms with Crippen molar-refractivity contribution in [3.05, 3.63) is 54.0 Å². The summed E-state index contributed by atoms with van der Waals surface area (Å²) in [6.07, 6.45) is 5.86. The van der Waals surface area contributed by atoms with E-state index in [0.717, 1.165) is 43.7 Å². The summed E-state index contributed by atoms with van der Waals surface area (Å²) in [5.41, 5.74) is 1.39. The fourth-order valence-electron chi connectivity index (χ4n) is 4.84. The lowest BCUT2D eigenvalue weighted by Gasteiger charge is -2.47. The van der Waals surface area contributed by atoms with Crippen molar-refractivity contribution in [2.24, 2.45) is 0 Å². The Kier molecular flexibility index (Phi) is 5.84. The van der Waals surface area contributed by atoms with Crippen LogP contribution in [0.5, 0.6) is 5.75 Å². The molecule has 2 aromatic rings. The summed E-state index contributed by atoms with van der Waals surface area (Å²) < 4.78 is 11.6. The maximum absolute atomic E-state index is 12.9. The fourth-order valence-corrected chi connectivity index (χ4v) is 4.84. The highest BCUT2D eigenvalue weighted by Crippen LogP contribution is 2.46. The molecule has 6 heteroatoms. The van der Waals surface area contributed by atoms with E-state index >= 15 is 0 Å². The highest BCUT2D eigenvalue weighted by Gasteiger charge is 2.44. The normalized spacial score (nSPS) is 19.8. The van der Waals surface area contributed by atoms with Crippen molar-refractivity contribution >= 4 is 11.8 Å². The highest BCUT2D eigenvalue weighted by atomic mass is 16.5. The molecule has 1 saturated heterocycles. The predicted molar refractivity (Wildman–Crippen MR) is 114 cm³/mol. The Morgan fingerprint density at radius 3 is 2.53 bits per heavy atom. The van der Waals surface area contributed by atoms with Gasteiger partial charge in [0.2, 0.25) is 5.91 Å².